The van der Waals surface area contributed by atoms with E-state index in [1.165, 1.54) is 18.4 Å². The van der Waals surface area contributed by atoms with Crippen molar-refractivity contribution in [3.63, 3.8) is 0 Å². The summed E-state index contributed by atoms with van der Waals surface area (Å²) in [7, 11) is 0. The molecular weight excluding hydrogens is 222 g/mol. The highest BCUT2D eigenvalue weighted by molar-refractivity contribution is 5.42. The number of hydrogen-bond donors (Lipinski definition) is 1. The summed E-state index contributed by atoms with van der Waals surface area (Å²) in [5.74, 6) is 0.761. The minimum atomic E-state index is 0.391. The van der Waals surface area contributed by atoms with E-state index in [2.05, 4.69) is 29.6 Å². The van der Waals surface area contributed by atoms with Gasteiger partial charge in [0.15, 0.2) is 0 Å². The van der Waals surface area contributed by atoms with Gasteiger partial charge in [0.2, 0.25) is 0 Å². The molecule has 18 heavy (non-hydrogen) atoms. The summed E-state index contributed by atoms with van der Waals surface area (Å²) < 4.78 is 5.92. The Labute approximate surface area is 110 Å². The molecule has 2 nitrogen and oxygen atoms in total. The monoisotopic (exact) mass is 245 g/mol. The van der Waals surface area contributed by atoms with E-state index in [9.17, 15) is 0 Å². The van der Waals surface area contributed by atoms with Crippen LogP contribution >= 0.6 is 0 Å². The van der Waals surface area contributed by atoms with Crippen molar-refractivity contribution in [2.24, 2.45) is 5.92 Å². The molecule has 2 aliphatic heterocycles. The van der Waals surface area contributed by atoms with E-state index in [0.717, 1.165) is 25.6 Å². The van der Waals surface area contributed by atoms with Gasteiger partial charge in [0.25, 0.3) is 0 Å². The molecule has 0 aromatic heterocycles. The first kappa shape index (κ1) is 12.2. The minimum absolute atomic E-state index is 0.391. The summed E-state index contributed by atoms with van der Waals surface area (Å²) in [6.07, 6.45) is 2.96. The van der Waals surface area contributed by atoms with Crippen molar-refractivity contribution in [2.75, 3.05) is 19.7 Å². The van der Waals surface area contributed by atoms with Crippen molar-refractivity contribution in [1.82, 2.24) is 5.32 Å². The van der Waals surface area contributed by atoms with Gasteiger partial charge in [-0.2, -0.15) is 0 Å². The molecule has 2 heterocycles. The van der Waals surface area contributed by atoms with Crippen LogP contribution in [0.25, 0.3) is 0 Å². The van der Waals surface area contributed by atoms with Crippen LogP contribution in [0.4, 0.5) is 0 Å². The normalized spacial score (nSPS) is 30.8. The van der Waals surface area contributed by atoms with Crippen LogP contribution in [0.15, 0.2) is 24.3 Å². The first-order chi connectivity index (χ1) is 8.89. The Morgan fingerprint density at radius 1 is 1.22 bits per heavy atom. The molecule has 2 unspecified atom stereocenters. The molecule has 1 aromatic carbocycles. The number of hydrogen-bond acceptors (Lipinski definition) is 2. The molecule has 1 spiro atoms. The third-order valence-corrected chi connectivity index (χ3v) is 4.63. The SMILES string of the molecule is CC.c1ccc2c(c1)C1OCCC1CC21CNC1. The Morgan fingerprint density at radius 3 is 2.72 bits per heavy atom. The average Bonchev–Trinajstić information content (AvgIpc) is 2.86. The molecule has 2 fully saturated rings. The summed E-state index contributed by atoms with van der Waals surface area (Å²) >= 11 is 0. The fourth-order valence-electron chi connectivity index (χ4n) is 3.79. The third-order valence-electron chi connectivity index (χ3n) is 4.63. The largest absolute Gasteiger partial charge is 0.373 e. The maximum atomic E-state index is 5.92. The Morgan fingerprint density at radius 2 is 2.00 bits per heavy atom. The van der Waals surface area contributed by atoms with Crippen LogP contribution < -0.4 is 5.32 Å². The van der Waals surface area contributed by atoms with Crippen molar-refractivity contribution in [3.8, 4) is 0 Å². The third kappa shape index (κ3) is 1.63. The lowest BCUT2D eigenvalue weighted by molar-refractivity contribution is 0.0596. The molecule has 1 aliphatic carbocycles. The summed E-state index contributed by atoms with van der Waals surface area (Å²) in [4.78, 5) is 0. The fourth-order valence-corrected chi connectivity index (χ4v) is 3.79. The number of benzene rings is 1. The van der Waals surface area contributed by atoms with Crippen LogP contribution in [0.1, 0.15) is 43.9 Å². The number of rotatable bonds is 0. The Hall–Kier alpha value is -0.860. The van der Waals surface area contributed by atoms with E-state index in [-0.39, 0.29) is 0 Å². The second kappa shape index (κ2) is 4.67. The molecule has 3 aliphatic rings. The second-order valence-corrected chi connectivity index (χ2v) is 5.52. The molecule has 2 saturated heterocycles. The molecule has 0 amide bonds. The van der Waals surface area contributed by atoms with Crippen molar-refractivity contribution < 1.29 is 4.74 Å². The van der Waals surface area contributed by atoms with E-state index >= 15 is 0 Å². The predicted molar refractivity (Wildman–Crippen MR) is 73.8 cm³/mol. The highest BCUT2D eigenvalue weighted by Crippen LogP contribution is 2.51. The van der Waals surface area contributed by atoms with Gasteiger partial charge in [0.1, 0.15) is 0 Å². The second-order valence-electron chi connectivity index (χ2n) is 5.52. The van der Waals surface area contributed by atoms with Crippen molar-refractivity contribution in [2.45, 2.75) is 38.2 Å². The highest BCUT2D eigenvalue weighted by Gasteiger charge is 2.49. The van der Waals surface area contributed by atoms with Crippen LogP contribution in [0, 0.1) is 5.92 Å². The van der Waals surface area contributed by atoms with Gasteiger partial charge in [-0.1, -0.05) is 38.1 Å². The van der Waals surface area contributed by atoms with Crippen molar-refractivity contribution >= 4 is 0 Å². The van der Waals surface area contributed by atoms with E-state index in [4.69, 9.17) is 4.74 Å². The lowest BCUT2D eigenvalue weighted by atomic mass is 9.62. The fraction of sp³-hybridized carbons (Fsp3) is 0.625. The lowest BCUT2D eigenvalue weighted by Crippen LogP contribution is -2.59. The predicted octanol–water partition coefficient (Wildman–Crippen LogP) is 3.04. The van der Waals surface area contributed by atoms with E-state index in [1.807, 2.05) is 13.8 Å². The van der Waals surface area contributed by atoms with E-state index < -0.39 is 0 Å². The smallest absolute Gasteiger partial charge is 0.0857 e. The average molecular weight is 245 g/mol. The van der Waals surface area contributed by atoms with Gasteiger partial charge in [0.05, 0.1) is 6.10 Å². The van der Waals surface area contributed by atoms with Crippen molar-refractivity contribution in [3.05, 3.63) is 35.4 Å². The van der Waals surface area contributed by atoms with Crippen LogP contribution in [-0.2, 0) is 10.2 Å². The topological polar surface area (TPSA) is 21.3 Å². The first-order valence-electron chi connectivity index (χ1n) is 7.31. The standard InChI is InChI=1S/C14H17NO.C2H6/c1-2-4-12-11(3-1)13-10(5-6-16-13)7-14(12)8-15-9-14;1-2/h1-4,10,13,15H,5-9H2;1-2H3. The first-order valence-corrected chi connectivity index (χ1v) is 7.31. The van der Waals surface area contributed by atoms with E-state index in [1.54, 1.807) is 5.56 Å². The van der Waals surface area contributed by atoms with Crippen molar-refractivity contribution in [1.29, 1.82) is 0 Å². The van der Waals surface area contributed by atoms with Gasteiger partial charge in [-0.3, -0.25) is 0 Å². The Kier molecular flexibility index (Phi) is 3.16. The van der Waals surface area contributed by atoms with Gasteiger partial charge >= 0.3 is 0 Å². The maximum Gasteiger partial charge on any atom is 0.0857 e. The maximum absolute atomic E-state index is 5.92. The molecule has 1 N–H and O–H groups in total. The number of nitrogens with one attached hydrogen (secondary N) is 1. The van der Waals surface area contributed by atoms with Gasteiger partial charge < -0.3 is 10.1 Å². The molecule has 2 atom stereocenters. The molecule has 2 heteroatoms. The number of fused-ring (bicyclic) bond motifs is 4. The summed E-state index contributed by atoms with van der Waals surface area (Å²) in [5, 5.41) is 3.45. The van der Waals surface area contributed by atoms with Crippen LogP contribution in [0.2, 0.25) is 0 Å². The zero-order chi connectivity index (χ0) is 12.6. The zero-order valence-corrected chi connectivity index (χ0v) is 11.4. The summed E-state index contributed by atoms with van der Waals surface area (Å²) in [5.41, 5.74) is 3.46. The molecule has 1 aromatic rings. The molecule has 4 rings (SSSR count). The van der Waals surface area contributed by atoms with Crippen LogP contribution in [0.3, 0.4) is 0 Å². The summed E-state index contributed by atoms with van der Waals surface area (Å²) in [6, 6.07) is 8.92. The molecular formula is C16H23NO. The van der Waals surface area contributed by atoms with Gasteiger partial charge in [-0.25, -0.2) is 0 Å². The molecule has 0 bridgehead atoms. The van der Waals surface area contributed by atoms with E-state index in [0.29, 0.717) is 11.5 Å². The van der Waals surface area contributed by atoms with Gasteiger partial charge in [-0.15, -0.1) is 0 Å². The summed E-state index contributed by atoms with van der Waals surface area (Å²) in [6.45, 7) is 7.27. The highest BCUT2D eigenvalue weighted by atomic mass is 16.5. The molecule has 98 valence electrons. The Balaban J connectivity index is 0.000000478. The number of ether oxygens (including phenoxy) is 1. The Bertz CT molecular complexity index is 425. The minimum Gasteiger partial charge on any atom is -0.373 e. The lowest BCUT2D eigenvalue weighted by Gasteiger charge is -2.50. The quantitative estimate of drug-likeness (QED) is 0.758. The molecule has 0 saturated carbocycles. The van der Waals surface area contributed by atoms with Crippen LogP contribution in [-0.4, -0.2) is 19.7 Å². The van der Waals surface area contributed by atoms with Crippen LogP contribution in [0.5, 0.6) is 0 Å². The zero-order valence-electron chi connectivity index (χ0n) is 11.4. The van der Waals surface area contributed by atoms with Gasteiger partial charge in [0, 0.05) is 25.1 Å². The van der Waals surface area contributed by atoms with Gasteiger partial charge in [-0.05, 0) is 29.9 Å². The molecule has 0 radical (unpaired) electrons.